The molecule has 0 saturated heterocycles. The van der Waals surface area contributed by atoms with Gasteiger partial charge >= 0.3 is 0 Å². The van der Waals surface area contributed by atoms with Gasteiger partial charge < -0.3 is 18.8 Å². The lowest BCUT2D eigenvalue weighted by Crippen LogP contribution is -2.24. The topological polar surface area (TPSA) is 49.7 Å². The van der Waals surface area contributed by atoms with Gasteiger partial charge in [-0.25, -0.2) is 0 Å². The summed E-state index contributed by atoms with van der Waals surface area (Å²) in [6, 6.07) is 16.1. The largest absolute Gasteiger partial charge is 0.489 e. The average Bonchev–Trinajstić information content (AvgIpc) is 2.96. The van der Waals surface area contributed by atoms with E-state index in [9.17, 15) is 4.79 Å². The van der Waals surface area contributed by atoms with Crippen LogP contribution in [0.25, 0.3) is 10.9 Å². The molecule has 214 valence electrons. The summed E-state index contributed by atoms with van der Waals surface area (Å²) in [5, 5.41) is 0.913. The van der Waals surface area contributed by atoms with Crippen LogP contribution in [0, 0.1) is 0 Å². The van der Waals surface area contributed by atoms with Crippen molar-refractivity contribution in [2.45, 2.75) is 111 Å². The summed E-state index contributed by atoms with van der Waals surface area (Å²) in [6.45, 7) is 8.84. The van der Waals surface area contributed by atoms with Crippen LogP contribution in [0.15, 0.2) is 53.3 Å². The van der Waals surface area contributed by atoms with Gasteiger partial charge in [-0.2, -0.15) is 0 Å². The molecular weight excluding hydrogens is 486 g/mol. The van der Waals surface area contributed by atoms with Crippen molar-refractivity contribution >= 4 is 10.9 Å². The molecule has 1 aromatic heterocycles. The first kappa shape index (κ1) is 30.6. The highest BCUT2D eigenvalue weighted by molar-refractivity contribution is 5.89. The van der Waals surface area contributed by atoms with Gasteiger partial charge in [-0.3, -0.25) is 4.79 Å². The maximum Gasteiger partial charge on any atom is 0.297 e. The van der Waals surface area contributed by atoms with Gasteiger partial charge in [0, 0.05) is 18.0 Å². The fourth-order valence-electron chi connectivity index (χ4n) is 4.80. The zero-order valence-electron chi connectivity index (χ0n) is 24.5. The smallest absolute Gasteiger partial charge is 0.297 e. The Morgan fingerprint density at radius 3 is 1.90 bits per heavy atom. The second kappa shape index (κ2) is 17.6. The van der Waals surface area contributed by atoms with Crippen LogP contribution in [0.1, 0.15) is 103 Å². The molecule has 0 fully saturated rings. The first-order chi connectivity index (χ1) is 19.2. The van der Waals surface area contributed by atoms with Gasteiger partial charge in [0.25, 0.3) is 5.56 Å². The minimum absolute atomic E-state index is 0.0988. The lowest BCUT2D eigenvalue weighted by atomic mass is 10.1. The summed E-state index contributed by atoms with van der Waals surface area (Å²) in [4.78, 5) is 13.9. The van der Waals surface area contributed by atoms with Crippen molar-refractivity contribution in [2.75, 3.05) is 13.2 Å². The predicted molar refractivity (Wildman–Crippen MR) is 162 cm³/mol. The number of aryl methyl sites for hydroxylation is 1. The van der Waals surface area contributed by atoms with E-state index in [0.29, 0.717) is 37.9 Å². The number of nitrogens with zero attached hydrogens (tertiary/aromatic N) is 1. The molecule has 5 nitrogen and oxygen atoms in total. The SMILES string of the molecule is CCCCCCOc1c(OCCCCCC)c2ccc(OCc3ccccc3)cc2n(CCCCCC)c1=O. The molecule has 0 amide bonds. The first-order valence-corrected chi connectivity index (χ1v) is 15.3. The fourth-order valence-corrected chi connectivity index (χ4v) is 4.80. The Balaban J connectivity index is 1.96. The van der Waals surface area contributed by atoms with E-state index in [4.69, 9.17) is 14.2 Å². The van der Waals surface area contributed by atoms with Crippen molar-refractivity contribution in [3.8, 4) is 17.2 Å². The average molecular weight is 536 g/mol. The van der Waals surface area contributed by atoms with E-state index in [0.717, 1.165) is 73.6 Å². The Kier molecular flexibility index (Phi) is 13.8. The molecule has 0 aliphatic carbocycles. The van der Waals surface area contributed by atoms with Crippen LogP contribution in [-0.2, 0) is 13.2 Å². The number of pyridine rings is 1. The molecule has 0 spiro atoms. The number of aromatic nitrogens is 1. The number of benzene rings is 2. The maximum absolute atomic E-state index is 13.9. The third-order valence-corrected chi connectivity index (χ3v) is 7.12. The van der Waals surface area contributed by atoms with Gasteiger partial charge in [-0.15, -0.1) is 0 Å². The van der Waals surface area contributed by atoms with Crippen LogP contribution in [0.4, 0.5) is 0 Å². The summed E-state index contributed by atoms with van der Waals surface area (Å²) in [6.07, 6.45) is 13.2. The Hall–Kier alpha value is -2.95. The lowest BCUT2D eigenvalue weighted by molar-refractivity contribution is 0.256. The standard InChI is InChI=1S/C34H49NO4/c1-4-7-10-16-23-35-31-26-29(39-27-28-19-14-13-15-20-28)21-22-30(31)32(37-24-17-11-8-5-2)33(34(35)36)38-25-18-12-9-6-3/h13-15,19-22,26H,4-12,16-18,23-25,27H2,1-3H3. The Bertz CT molecular complexity index is 1160. The monoisotopic (exact) mass is 535 g/mol. The van der Waals surface area contributed by atoms with Crippen molar-refractivity contribution in [3.05, 3.63) is 64.4 Å². The molecule has 0 aliphatic rings. The van der Waals surface area contributed by atoms with Crippen LogP contribution >= 0.6 is 0 Å². The summed E-state index contributed by atoms with van der Waals surface area (Å²) in [5.74, 6) is 1.69. The van der Waals surface area contributed by atoms with Gasteiger partial charge in [0.05, 0.1) is 18.7 Å². The summed E-state index contributed by atoms with van der Waals surface area (Å²) >= 11 is 0. The van der Waals surface area contributed by atoms with Gasteiger partial charge in [0.2, 0.25) is 5.75 Å². The Morgan fingerprint density at radius 1 is 0.641 bits per heavy atom. The van der Waals surface area contributed by atoms with Crippen LogP contribution < -0.4 is 19.8 Å². The Morgan fingerprint density at radius 2 is 1.26 bits per heavy atom. The fraction of sp³-hybridized carbons (Fsp3) is 0.559. The highest BCUT2D eigenvalue weighted by atomic mass is 16.5. The van der Waals surface area contributed by atoms with Crippen molar-refractivity contribution in [3.63, 3.8) is 0 Å². The number of fused-ring (bicyclic) bond motifs is 1. The zero-order valence-corrected chi connectivity index (χ0v) is 24.5. The molecule has 1 heterocycles. The molecule has 0 atom stereocenters. The minimum atomic E-state index is -0.0988. The van der Waals surface area contributed by atoms with Gasteiger partial charge in [0.1, 0.15) is 12.4 Å². The molecule has 0 bridgehead atoms. The molecule has 0 aliphatic heterocycles. The minimum Gasteiger partial charge on any atom is -0.489 e. The number of hydrogen-bond donors (Lipinski definition) is 0. The summed E-state index contributed by atoms with van der Waals surface area (Å²) in [7, 11) is 0. The summed E-state index contributed by atoms with van der Waals surface area (Å²) in [5.41, 5.74) is 1.86. The zero-order chi connectivity index (χ0) is 27.7. The molecule has 0 unspecified atom stereocenters. The lowest BCUT2D eigenvalue weighted by Gasteiger charge is -2.19. The predicted octanol–water partition coefficient (Wildman–Crippen LogP) is 9.08. The van der Waals surface area contributed by atoms with Crippen LogP contribution in [0.5, 0.6) is 17.2 Å². The van der Waals surface area contributed by atoms with Crippen molar-refractivity contribution in [2.24, 2.45) is 0 Å². The van der Waals surface area contributed by atoms with Crippen LogP contribution in [0.3, 0.4) is 0 Å². The highest BCUT2D eigenvalue weighted by Crippen LogP contribution is 2.35. The quantitative estimate of drug-likeness (QED) is 0.135. The van der Waals surface area contributed by atoms with E-state index in [2.05, 4.69) is 32.9 Å². The van der Waals surface area contributed by atoms with E-state index in [1.807, 2.05) is 41.0 Å². The van der Waals surface area contributed by atoms with Gasteiger partial charge in [-0.05, 0) is 37.0 Å². The molecule has 5 heteroatoms. The molecule has 0 N–H and O–H groups in total. The third-order valence-electron chi connectivity index (χ3n) is 7.12. The molecule has 0 saturated carbocycles. The molecule has 3 rings (SSSR count). The second-order valence-corrected chi connectivity index (χ2v) is 10.4. The van der Waals surface area contributed by atoms with E-state index in [-0.39, 0.29) is 5.56 Å². The molecule has 0 radical (unpaired) electrons. The maximum atomic E-state index is 13.9. The van der Waals surface area contributed by atoms with Gasteiger partial charge in [0.15, 0.2) is 5.75 Å². The molecule has 2 aromatic carbocycles. The number of unbranched alkanes of at least 4 members (excludes halogenated alkanes) is 9. The van der Waals surface area contributed by atoms with Crippen LogP contribution in [0.2, 0.25) is 0 Å². The van der Waals surface area contributed by atoms with E-state index < -0.39 is 0 Å². The van der Waals surface area contributed by atoms with Gasteiger partial charge in [-0.1, -0.05) is 109 Å². The van der Waals surface area contributed by atoms with Crippen molar-refractivity contribution in [1.82, 2.24) is 4.57 Å². The molecule has 39 heavy (non-hydrogen) atoms. The normalized spacial score (nSPS) is 11.2. The summed E-state index contributed by atoms with van der Waals surface area (Å²) < 4.78 is 20.6. The van der Waals surface area contributed by atoms with E-state index in [1.54, 1.807) is 0 Å². The number of ether oxygens (including phenoxy) is 3. The molecular formula is C34H49NO4. The highest BCUT2D eigenvalue weighted by Gasteiger charge is 2.20. The second-order valence-electron chi connectivity index (χ2n) is 10.4. The Labute approximate surface area is 235 Å². The molecule has 3 aromatic rings. The van der Waals surface area contributed by atoms with Crippen molar-refractivity contribution in [1.29, 1.82) is 0 Å². The number of rotatable bonds is 20. The van der Waals surface area contributed by atoms with E-state index in [1.165, 1.54) is 25.7 Å². The van der Waals surface area contributed by atoms with E-state index >= 15 is 0 Å². The third kappa shape index (κ3) is 9.63. The van der Waals surface area contributed by atoms with Crippen molar-refractivity contribution < 1.29 is 14.2 Å². The number of hydrogen-bond acceptors (Lipinski definition) is 4. The first-order valence-electron chi connectivity index (χ1n) is 15.3. The van der Waals surface area contributed by atoms with Crippen LogP contribution in [-0.4, -0.2) is 17.8 Å².